The van der Waals surface area contributed by atoms with Gasteiger partial charge in [-0.05, 0) is 101 Å². The Morgan fingerprint density at radius 1 is 0.436 bits per heavy atom. The van der Waals surface area contributed by atoms with Crippen molar-refractivity contribution in [1.82, 2.24) is 14.5 Å². The van der Waals surface area contributed by atoms with Crippen LogP contribution >= 0.6 is 0 Å². The van der Waals surface area contributed by atoms with Crippen LogP contribution in [0.1, 0.15) is 11.1 Å². The Morgan fingerprint density at radius 3 is 1.45 bits per heavy atom. The Kier molecular flexibility index (Phi) is 7.03. The SMILES string of the molecule is FC(F)(F)c1ccc2oc(-c3ccc4c5ccc(-c6nc7cc(C(F)(F)F)ccc7o6)cc5n(-c5ccc(-c6ccc7ccccc7c6)cc5)c4c3)nc2c1. The van der Waals surface area contributed by atoms with Crippen LogP contribution in [0.25, 0.3) is 94.5 Å². The molecule has 10 aromatic rings. The van der Waals surface area contributed by atoms with E-state index in [1.54, 1.807) is 12.1 Å². The molecule has 0 spiro atoms. The smallest absolute Gasteiger partial charge is 0.416 e. The summed E-state index contributed by atoms with van der Waals surface area (Å²) in [5.41, 5.74) is 4.44. The van der Waals surface area contributed by atoms with E-state index in [2.05, 4.69) is 40.3 Å². The third kappa shape index (κ3) is 5.58. The Hall–Kier alpha value is -6.88. The maximum atomic E-state index is 13.4. The maximum absolute atomic E-state index is 13.4. The summed E-state index contributed by atoms with van der Waals surface area (Å²) in [5, 5.41) is 3.99. The van der Waals surface area contributed by atoms with Gasteiger partial charge in [0.1, 0.15) is 11.0 Å². The molecule has 0 amide bonds. The number of fused-ring (bicyclic) bond motifs is 6. The van der Waals surface area contributed by atoms with Gasteiger partial charge >= 0.3 is 12.4 Å². The van der Waals surface area contributed by atoms with Crippen molar-refractivity contribution < 1.29 is 35.2 Å². The number of rotatable bonds is 4. The first-order valence-electron chi connectivity index (χ1n) is 17.1. The lowest BCUT2D eigenvalue weighted by atomic mass is 10.0. The molecule has 0 saturated carbocycles. The van der Waals surface area contributed by atoms with Crippen molar-refractivity contribution >= 4 is 54.8 Å². The van der Waals surface area contributed by atoms with E-state index in [9.17, 15) is 26.3 Å². The topological polar surface area (TPSA) is 57.0 Å². The van der Waals surface area contributed by atoms with Gasteiger partial charge in [-0.25, -0.2) is 9.97 Å². The van der Waals surface area contributed by atoms with Gasteiger partial charge in [-0.3, -0.25) is 0 Å². The predicted molar refractivity (Wildman–Crippen MR) is 200 cm³/mol. The molecule has 268 valence electrons. The van der Waals surface area contributed by atoms with Crippen LogP contribution < -0.4 is 0 Å². The molecule has 0 bridgehead atoms. The van der Waals surface area contributed by atoms with E-state index < -0.39 is 23.5 Å². The van der Waals surface area contributed by atoms with E-state index in [0.717, 1.165) is 73.7 Å². The van der Waals surface area contributed by atoms with Crippen molar-refractivity contribution in [3.05, 3.63) is 151 Å². The second-order valence-electron chi connectivity index (χ2n) is 13.3. The first kappa shape index (κ1) is 32.7. The Balaban J connectivity index is 1.14. The summed E-state index contributed by atoms with van der Waals surface area (Å²) in [6.07, 6.45) is -9.06. The number of hydrogen-bond donors (Lipinski definition) is 0. The van der Waals surface area contributed by atoms with Crippen molar-refractivity contribution in [3.63, 3.8) is 0 Å². The molecule has 55 heavy (non-hydrogen) atoms. The molecule has 0 N–H and O–H groups in total. The molecule has 0 aliphatic heterocycles. The highest BCUT2D eigenvalue weighted by Crippen LogP contribution is 2.40. The van der Waals surface area contributed by atoms with Gasteiger partial charge in [0.2, 0.25) is 11.8 Å². The van der Waals surface area contributed by atoms with Gasteiger partial charge in [-0.2, -0.15) is 26.3 Å². The van der Waals surface area contributed by atoms with E-state index in [0.29, 0.717) is 11.1 Å². The highest BCUT2D eigenvalue weighted by molar-refractivity contribution is 6.11. The summed E-state index contributed by atoms with van der Waals surface area (Å²) in [6.45, 7) is 0. The monoisotopic (exact) mass is 739 g/mol. The molecule has 0 radical (unpaired) electrons. The van der Waals surface area contributed by atoms with Gasteiger partial charge < -0.3 is 13.4 Å². The fourth-order valence-corrected chi connectivity index (χ4v) is 7.19. The number of benzene rings is 7. The lowest BCUT2D eigenvalue weighted by Gasteiger charge is -2.11. The number of aromatic nitrogens is 3. The molecule has 0 aliphatic carbocycles. The van der Waals surface area contributed by atoms with Crippen LogP contribution in [0.5, 0.6) is 0 Å². The van der Waals surface area contributed by atoms with E-state index in [1.807, 2.05) is 65.2 Å². The van der Waals surface area contributed by atoms with Crippen LogP contribution in [-0.2, 0) is 12.4 Å². The fourth-order valence-electron chi connectivity index (χ4n) is 7.19. The quantitative estimate of drug-likeness (QED) is 0.169. The molecule has 3 heterocycles. The zero-order valence-electron chi connectivity index (χ0n) is 28.2. The zero-order chi connectivity index (χ0) is 37.6. The van der Waals surface area contributed by atoms with Crippen LogP contribution in [-0.4, -0.2) is 14.5 Å². The summed E-state index contributed by atoms with van der Waals surface area (Å²) in [5.74, 6) is 0.315. The molecule has 0 unspecified atom stereocenters. The van der Waals surface area contributed by atoms with E-state index in [-0.39, 0.29) is 34.0 Å². The predicted octanol–water partition coefficient (Wildman–Crippen LogP) is 13.3. The second-order valence-corrected chi connectivity index (χ2v) is 13.3. The molecule has 5 nitrogen and oxygen atoms in total. The Morgan fingerprint density at radius 2 is 0.927 bits per heavy atom. The van der Waals surface area contributed by atoms with E-state index in [4.69, 9.17) is 8.83 Å². The minimum atomic E-state index is -4.53. The van der Waals surface area contributed by atoms with E-state index >= 15 is 0 Å². The zero-order valence-corrected chi connectivity index (χ0v) is 28.2. The third-order valence-corrected chi connectivity index (χ3v) is 9.90. The third-order valence-electron chi connectivity index (χ3n) is 9.90. The first-order chi connectivity index (χ1) is 26.5. The Labute approximate surface area is 306 Å². The summed E-state index contributed by atoms with van der Waals surface area (Å²) in [6, 6.07) is 40.0. The number of oxazole rings is 2. The minimum absolute atomic E-state index is 0.0834. The summed E-state index contributed by atoms with van der Waals surface area (Å²) in [7, 11) is 0. The van der Waals surface area contributed by atoms with Crippen molar-refractivity contribution in [1.29, 1.82) is 0 Å². The molecular weight excluding hydrogens is 716 g/mol. The van der Waals surface area contributed by atoms with Gasteiger partial charge in [0.05, 0.1) is 22.2 Å². The molecule has 0 aliphatic rings. The molecular formula is C44H23F6N3O2. The van der Waals surface area contributed by atoms with Crippen LogP contribution in [0.4, 0.5) is 26.3 Å². The van der Waals surface area contributed by atoms with Crippen LogP contribution in [0, 0.1) is 0 Å². The highest BCUT2D eigenvalue weighted by atomic mass is 19.4. The fraction of sp³-hybridized carbons (Fsp3) is 0.0455. The number of nitrogens with zero attached hydrogens (tertiary/aromatic N) is 3. The summed E-state index contributed by atoms with van der Waals surface area (Å²) < 4.78 is 94.6. The lowest BCUT2D eigenvalue weighted by Crippen LogP contribution is -2.03. The number of alkyl halides is 6. The van der Waals surface area contributed by atoms with Crippen LogP contribution in [0.15, 0.2) is 148 Å². The van der Waals surface area contributed by atoms with Gasteiger partial charge in [-0.1, -0.05) is 60.7 Å². The largest absolute Gasteiger partial charge is 0.436 e. The average Bonchev–Trinajstić information content (AvgIpc) is 3.90. The molecule has 7 aromatic carbocycles. The summed E-state index contributed by atoms with van der Waals surface area (Å²) >= 11 is 0. The number of halogens is 6. The molecule has 10 rings (SSSR count). The van der Waals surface area contributed by atoms with Crippen molar-refractivity contribution in [2.45, 2.75) is 12.4 Å². The minimum Gasteiger partial charge on any atom is -0.436 e. The van der Waals surface area contributed by atoms with Crippen LogP contribution in [0.2, 0.25) is 0 Å². The number of hydrogen-bond acceptors (Lipinski definition) is 4. The molecule has 0 saturated heterocycles. The van der Waals surface area contributed by atoms with Crippen molar-refractivity contribution in [3.8, 4) is 39.7 Å². The van der Waals surface area contributed by atoms with Gasteiger partial charge in [-0.15, -0.1) is 0 Å². The lowest BCUT2D eigenvalue weighted by molar-refractivity contribution is -0.138. The Bertz CT molecular complexity index is 2980. The second kappa shape index (κ2) is 11.8. The van der Waals surface area contributed by atoms with Gasteiger partial charge in [0.25, 0.3) is 0 Å². The standard InChI is InChI=1S/C44H23F6N3O2/c45-43(46,47)30-11-17-39-35(22-30)51-41(54-39)28-9-15-33-34-16-10-29(42-52-36-23-31(44(48,49)50)12-18-40(36)55-42)21-38(34)53(37(33)20-28)32-13-7-25(8-14-32)27-6-5-24-3-1-2-4-26(24)19-27/h1-23H. The molecule has 0 atom stereocenters. The van der Waals surface area contributed by atoms with Gasteiger partial charge in [0.15, 0.2) is 11.2 Å². The molecule has 11 heteroatoms. The molecule has 0 fully saturated rings. The summed E-state index contributed by atoms with van der Waals surface area (Å²) in [4.78, 5) is 8.83. The highest BCUT2D eigenvalue weighted by Gasteiger charge is 2.32. The maximum Gasteiger partial charge on any atom is 0.416 e. The normalized spacial score (nSPS) is 12.5. The first-order valence-corrected chi connectivity index (χ1v) is 17.1. The van der Waals surface area contributed by atoms with E-state index in [1.165, 1.54) is 12.1 Å². The van der Waals surface area contributed by atoms with Crippen molar-refractivity contribution in [2.75, 3.05) is 0 Å². The van der Waals surface area contributed by atoms with Gasteiger partial charge in [0, 0.05) is 27.6 Å². The average molecular weight is 740 g/mol. The molecule has 3 aromatic heterocycles. The van der Waals surface area contributed by atoms with Crippen molar-refractivity contribution in [2.24, 2.45) is 0 Å². The van der Waals surface area contributed by atoms with Crippen LogP contribution in [0.3, 0.4) is 0 Å².